The zero-order chi connectivity index (χ0) is 19.2. The van der Waals surface area contributed by atoms with Crippen molar-refractivity contribution in [3.05, 3.63) is 48.2 Å². The number of carbonyl (C=O) groups excluding carboxylic acids is 1. The molecular weight excluding hydrogens is 342 g/mol. The number of fused-ring (bicyclic) bond motifs is 1. The van der Waals surface area contributed by atoms with Gasteiger partial charge < -0.3 is 14.2 Å². The van der Waals surface area contributed by atoms with Crippen LogP contribution in [0.2, 0.25) is 0 Å². The largest absolute Gasteiger partial charge is 0.480 e. The first-order valence-electron chi connectivity index (χ1n) is 9.15. The molecule has 0 bridgehead atoms. The number of anilines is 1. The number of carbonyl (C=O) groups is 1. The van der Waals surface area contributed by atoms with E-state index in [0.29, 0.717) is 17.4 Å². The number of para-hydroxylation sites is 2. The maximum Gasteiger partial charge on any atom is 0.263 e. The number of amides is 1. The van der Waals surface area contributed by atoms with Crippen LogP contribution in [0.3, 0.4) is 0 Å². The van der Waals surface area contributed by atoms with Crippen LogP contribution in [0.4, 0.5) is 5.95 Å². The Labute approximate surface area is 159 Å². The Balaban J connectivity index is 1.91. The van der Waals surface area contributed by atoms with E-state index < -0.39 is 0 Å². The van der Waals surface area contributed by atoms with Crippen LogP contribution in [-0.4, -0.2) is 52.1 Å². The lowest BCUT2D eigenvalue weighted by molar-refractivity contribution is 0.102. The number of hydrogen-bond acceptors (Lipinski definition) is 5. The number of pyridine rings is 1. The van der Waals surface area contributed by atoms with E-state index in [9.17, 15) is 4.79 Å². The molecular formula is C20H25N5O2. The molecule has 1 amide bonds. The highest BCUT2D eigenvalue weighted by Gasteiger charge is 2.18. The second kappa shape index (κ2) is 8.64. The molecule has 0 unspecified atom stereocenters. The summed E-state index contributed by atoms with van der Waals surface area (Å²) in [4.78, 5) is 23.8. The first-order valence-corrected chi connectivity index (χ1v) is 9.15. The number of aromatic nitrogens is 3. The molecule has 27 heavy (non-hydrogen) atoms. The molecule has 0 aliphatic carbocycles. The van der Waals surface area contributed by atoms with Crippen molar-refractivity contribution in [2.75, 3.05) is 32.1 Å². The maximum absolute atomic E-state index is 12.8. The maximum atomic E-state index is 12.8. The van der Waals surface area contributed by atoms with Crippen molar-refractivity contribution in [3.63, 3.8) is 0 Å². The van der Waals surface area contributed by atoms with Crippen LogP contribution < -0.4 is 10.1 Å². The van der Waals surface area contributed by atoms with Crippen molar-refractivity contribution < 1.29 is 9.53 Å². The summed E-state index contributed by atoms with van der Waals surface area (Å²) < 4.78 is 7.25. The summed E-state index contributed by atoms with van der Waals surface area (Å²) in [6, 6.07) is 11.3. The van der Waals surface area contributed by atoms with Gasteiger partial charge in [0.15, 0.2) is 0 Å². The quantitative estimate of drug-likeness (QED) is 0.662. The minimum atomic E-state index is -0.292. The van der Waals surface area contributed by atoms with Crippen LogP contribution in [-0.2, 0) is 6.54 Å². The van der Waals surface area contributed by atoms with Gasteiger partial charge in [0, 0.05) is 19.3 Å². The molecule has 7 nitrogen and oxygen atoms in total. The monoisotopic (exact) mass is 367 g/mol. The fraction of sp³-hybridized carbons (Fsp3) is 0.350. The molecule has 2 aromatic heterocycles. The van der Waals surface area contributed by atoms with E-state index in [1.54, 1.807) is 18.3 Å². The number of rotatable bonds is 8. The lowest BCUT2D eigenvalue weighted by Gasteiger charge is -2.19. The van der Waals surface area contributed by atoms with Gasteiger partial charge in [-0.2, -0.15) is 0 Å². The van der Waals surface area contributed by atoms with Crippen LogP contribution >= 0.6 is 0 Å². The van der Waals surface area contributed by atoms with E-state index in [1.165, 1.54) is 7.11 Å². The average Bonchev–Trinajstić information content (AvgIpc) is 3.05. The second-order valence-corrected chi connectivity index (χ2v) is 6.12. The van der Waals surface area contributed by atoms with Gasteiger partial charge in [-0.05, 0) is 37.4 Å². The van der Waals surface area contributed by atoms with Gasteiger partial charge in [0.05, 0.1) is 18.1 Å². The Morgan fingerprint density at radius 3 is 2.70 bits per heavy atom. The van der Waals surface area contributed by atoms with Crippen molar-refractivity contribution in [1.82, 2.24) is 19.4 Å². The molecule has 0 aliphatic heterocycles. The predicted octanol–water partition coefficient (Wildman–Crippen LogP) is 3.03. The number of imidazole rings is 1. The van der Waals surface area contributed by atoms with Crippen LogP contribution in [0.25, 0.3) is 11.0 Å². The molecule has 0 radical (unpaired) electrons. The minimum absolute atomic E-state index is 0.292. The van der Waals surface area contributed by atoms with Crippen LogP contribution in [0.15, 0.2) is 42.6 Å². The van der Waals surface area contributed by atoms with Gasteiger partial charge in [-0.25, -0.2) is 9.97 Å². The summed E-state index contributed by atoms with van der Waals surface area (Å²) >= 11 is 0. The highest BCUT2D eigenvalue weighted by atomic mass is 16.5. The third kappa shape index (κ3) is 4.09. The second-order valence-electron chi connectivity index (χ2n) is 6.12. The number of likely N-dealkylation sites (N-methyl/N-ethyl adjacent to an activating group) is 1. The Hall–Kier alpha value is -2.93. The summed E-state index contributed by atoms with van der Waals surface area (Å²) in [6.07, 6.45) is 1.59. The third-order valence-corrected chi connectivity index (χ3v) is 4.62. The SMILES string of the molecule is CCN(CC)CCn1c(NC(=O)c2cccnc2OC)nc2ccccc21. The van der Waals surface area contributed by atoms with E-state index in [4.69, 9.17) is 4.74 Å². The van der Waals surface area contributed by atoms with Gasteiger partial charge in [-0.15, -0.1) is 0 Å². The highest BCUT2D eigenvalue weighted by molar-refractivity contribution is 6.05. The van der Waals surface area contributed by atoms with Gasteiger partial charge in [-0.1, -0.05) is 26.0 Å². The first kappa shape index (κ1) is 18.8. The molecule has 2 heterocycles. The molecule has 0 saturated carbocycles. The van der Waals surface area contributed by atoms with E-state index in [0.717, 1.165) is 37.2 Å². The van der Waals surface area contributed by atoms with E-state index >= 15 is 0 Å². The Bertz CT molecular complexity index is 918. The molecule has 3 rings (SSSR count). The molecule has 3 aromatic rings. The number of nitrogens with one attached hydrogen (secondary N) is 1. The van der Waals surface area contributed by atoms with E-state index in [1.807, 2.05) is 28.8 Å². The normalized spacial score (nSPS) is 11.1. The molecule has 1 aromatic carbocycles. The average molecular weight is 367 g/mol. The summed E-state index contributed by atoms with van der Waals surface area (Å²) in [7, 11) is 1.50. The lowest BCUT2D eigenvalue weighted by Crippen LogP contribution is -2.27. The number of benzene rings is 1. The Morgan fingerprint density at radius 2 is 1.96 bits per heavy atom. The van der Waals surface area contributed by atoms with Crippen molar-refractivity contribution in [2.45, 2.75) is 20.4 Å². The molecule has 0 fully saturated rings. The summed E-state index contributed by atoms with van der Waals surface area (Å²) in [6.45, 7) is 7.88. The molecule has 0 spiro atoms. The third-order valence-electron chi connectivity index (χ3n) is 4.62. The highest BCUT2D eigenvalue weighted by Crippen LogP contribution is 2.21. The topological polar surface area (TPSA) is 72.3 Å². The smallest absolute Gasteiger partial charge is 0.263 e. The van der Waals surface area contributed by atoms with Gasteiger partial charge in [0.2, 0.25) is 11.8 Å². The van der Waals surface area contributed by atoms with Gasteiger partial charge in [0.1, 0.15) is 5.56 Å². The summed E-state index contributed by atoms with van der Waals surface area (Å²) in [5, 5.41) is 2.93. The lowest BCUT2D eigenvalue weighted by atomic mass is 10.2. The number of ether oxygens (including phenoxy) is 1. The Morgan fingerprint density at radius 1 is 1.19 bits per heavy atom. The van der Waals surface area contributed by atoms with Gasteiger partial charge in [0.25, 0.3) is 5.91 Å². The molecule has 0 aliphatic rings. The van der Waals surface area contributed by atoms with Crippen molar-refractivity contribution in [2.24, 2.45) is 0 Å². The number of hydrogen-bond donors (Lipinski definition) is 1. The van der Waals surface area contributed by atoms with Gasteiger partial charge in [-0.3, -0.25) is 10.1 Å². The molecule has 1 N–H and O–H groups in total. The van der Waals surface area contributed by atoms with Crippen molar-refractivity contribution in [3.8, 4) is 5.88 Å². The van der Waals surface area contributed by atoms with Crippen molar-refractivity contribution >= 4 is 22.9 Å². The fourth-order valence-electron chi connectivity index (χ4n) is 3.07. The fourth-order valence-corrected chi connectivity index (χ4v) is 3.07. The zero-order valence-corrected chi connectivity index (χ0v) is 16.0. The first-order chi connectivity index (χ1) is 13.2. The van der Waals surface area contributed by atoms with E-state index in [2.05, 4.69) is 34.0 Å². The standard InChI is InChI=1S/C20H25N5O2/c1-4-24(5-2)13-14-25-17-11-7-6-10-16(17)22-20(25)23-18(26)15-9-8-12-21-19(15)27-3/h6-12H,4-5,13-14H2,1-3H3,(H,22,23,26). The van der Waals surface area contributed by atoms with E-state index in [-0.39, 0.29) is 5.91 Å². The van der Waals surface area contributed by atoms with Gasteiger partial charge >= 0.3 is 0 Å². The Kier molecular flexibility index (Phi) is 6.03. The molecule has 142 valence electrons. The van der Waals surface area contributed by atoms with Crippen LogP contribution in [0.1, 0.15) is 24.2 Å². The number of nitrogens with zero attached hydrogens (tertiary/aromatic N) is 4. The van der Waals surface area contributed by atoms with Crippen molar-refractivity contribution in [1.29, 1.82) is 0 Å². The molecule has 0 saturated heterocycles. The molecule has 7 heteroatoms. The number of methoxy groups -OCH3 is 1. The minimum Gasteiger partial charge on any atom is -0.480 e. The van der Waals surface area contributed by atoms with Crippen LogP contribution in [0.5, 0.6) is 5.88 Å². The van der Waals surface area contributed by atoms with Crippen LogP contribution in [0, 0.1) is 0 Å². The zero-order valence-electron chi connectivity index (χ0n) is 16.0. The summed E-state index contributed by atoms with van der Waals surface area (Å²) in [5.74, 6) is 0.527. The summed E-state index contributed by atoms with van der Waals surface area (Å²) in [5.41, 5.74) is 2.23. The molecule has 0 atom stereocenters. The predicted molar refractivity (Wildman–Crippen MR) is 106 cm³/mol.